The van der Waals surface area contributed by atoms with Gasteiger partial charge in [0, 0.05) is 39.8 Å². The summed E-state index contributed by atoms with van der Waals surface area (Å²) in [4.78, 5) is 16.6. The molecule has 0 atom stereocenters. The van der Waals surface area contributed by atoms with E-state index in [0.717, 1.165) is 24.0 Å². The summed E-state index contributed by atoms with van der Waals surface area (Å²) < 4.78 is 27.4. The molecule has 6 nitrogen and oxygen atoms in total. The molecule has 3 rings (SSSR count). The van der Waals surface area contributed by atoms with Gasteiger partial charge < -0.3 is 4.90 Å². The predicted molar refractivity (Wildman–Crippen MR) is 119 cm³/mol. The molecule has 0 aliphatic carbocycles. The summed E-state index contributed by atoms with van der Waals surface area (Å²) in [6, 6.07) is 17.1. The Morgan fingerprint density at radius 2 is 1.57 bits per heavy atom. The molecule has 1 fully saturated rings. The van der Waals surface area contributed by atoms with Gasteiger partial charge in [-0.2, -0.15) is 4.31 Å². The smallest absolute Gasteiger partial charge is 0.243 e. The van der Waals surface area contributed by atoms with Crippen molar-refractivity contribution < 1.29 is 13.2 Å². The average Bonchev–Trinajstić information content (AvgIpc) is 2.75. The van der Waals surface area contributed by atoms with E-state index in [1.165, 1.54) is 4.31 Å². The van der Waals surface area contributed by atoms with E-state index in [1.54, 1.807) is 24.1 Å². The van der Waals surface area contributed by atoms with Crippen LogP contribution in [0.3, 0.4) is 0 Å². The number of hydrogen-bond donors (Lipinski definition) is 0. The van der Waals surface area contributed by atoms with Crippen LogP contribution >= 0.6 is 0 Å². The van der Waals surface area contributed by atoms with E-state index in [1.807, 2.05) is 47.4 Å². The van der Waals surface area contributed by atoms with Crippen LogP contribution in [0, 0.1) is 0 Å². The maximum Gasteiger partial charge on any atom is 0.243 e. The zero-order valence-electron chi connectivity index (χ0n) is 17.8. The number of likely N-dealkylation sites (N-methyl/N-ethyl adjacent to an activating group) is 1. The lowest BCUT2D eigenvalue weighted by Gasteiger charge is -2.34. The first kappa shape index (κ1) is 22.5. The van der Waals surface area contributed by atoms with Gasteiger partial charge in [0.1, 0.15) is 0 Å². The quantitative estimate of drug-likeness (QED) is 0.647. The number of carbonyl (C=O) groups is 1. The summed E-state index contributed by atoms with van der Waals surface area (Å²) in [5.74, 6) is 0.0432. The van der Waals surface area contributed by atoms with Gasteiger partial charge in [0.05, 0.1) is 11.4 Å². The van der Waals surface area contributed by atoms with Gasteiger partial charge in [-0.3, -0.25) is 9.69 Å². The number of nitrogens with zero attached hydrogens (tertiary/aromatic N) is 3. The molecule has 1 heterocycles. The van der Waals surface area contributed by atoms with Crippen molar-refractivity contribution in [3.63, 3.8) is 0 Å². The van der Waals surface area contributed by atoms with Gasteiger partial charge in [0.15, 0.2) is 0 Å². The molecule has 2 aromatic rings. The molecular weight excluding hydrogens is 398 g/mol. The minimum Gasteiger partial charge on any atom is -0.340 e. The predicted octanol–water partition coefficient (Wildman–Crippen LogP) is 2.60. The number of carbonyl (C=O) groups excluding carboxylic acids is 1. The van der Waals surface area contributed by atoms with E-state index in [9.17, 15) is 13.2 Å². The number of rotatable bonds is 8. The number of sulfonamides is 1. The van der Waals surface area contributed by atoms with Crippen molar-refractivity contribution in [3.8, 4) is 0 Å². The summed E-state index contributed by atoms with van der Waals surface area (Å²) in [5, 5.41) is 0. The molecule has 0 radical (unpaired) electrons. The Labute approximate surface area is 180 Å². The van der Waals surface area contributed by atoms with E-state index < -0.39 is 10.0 Å². The van der Waals surface area contributed by atoms with Crippen molar-refractivity contribution in [1.82, 2.24) is 14.1 Å². The summed E-state index contributed by atoms with van der Waals surface area (Å²) in [6.45, 7) is 4.89. The lowest BCUT2D eigenvalue weighted by molar-refractivity contribution is -0.131. The summed E-state index contributed by atoms with van der Waals surface area (Å²) in [6.07, 6.45) is 1.99. The molecule has 2 aromatic carbocycles. The second kappa shape index (κ2) is 10.2. The number of hydrogen-bond acceptors (Lipinski definition) is 4. The van der Waals surface area contributed by atoms with Crippen LogP contribution in [0.25, 0.3) is 0 Å². The highest BCUT2D eigenvalue weighted by molar-refractivity contribution is 7.89. The highest BCUT2D eigenvalue weighted by Crippen LogP contribution is 2.19. The van der Waals surface area contributed by atoms with Crippen molar-refractivity contribution in [1.29, 1.82) is 0 Å². The number of benzene rings is 2. The molecular formula is C23H31N3O3S. The zero-order chi connectivity index (χ0) is 21.6. The first-order valence-electron chi connectivity index (χ1n) is 10.5. The Morgan fingerprint density at radius 1 is 0.933 bits per heavy atom. The van der Waals surface area contributed by atoms with E-state index in [4.69, 9.17) is 0 Å². The zero-order valence-corrected chi connectivity index (χ0v) is 18.6. The second-order valence-electron chi connectivity index (χ2n) is 7.81. The maximum absolute atomic E-state index is 12.9. The van der Waals surface area contributed by atoms with Crippen molar-refractivity contribution in [2.45, 2.75) is 31.2 Å². The summed E-state index contributed by atoms with van der Waals surface area (Å²) in [5.41, 5.74) is 2.24. The molecule has 1 aliphatic heterocycles. The summed E-state index contributed by atoms with van der Waals surface area (Å²) >= 11 is 0. The molecule has 7 heteroatoms. The Bertz CT molecular complexity index is 922. The van der Waals surface area contributed by atoms with Crippen LogP contribution in [-0.2, 0) is 27.8 Å². The van der Waals surface area contributed by atoms with Gasteiger partial charge in [0.2, 0.25) is 15.9 Å². The molecule has 0 bridgehead atoms. The first-order chi connectivity index (χ1) is 14.4. The van der Waals surface area contributed by atoms with Crippen molar-refractivity contribution >= 4 is 15.9 Å². The highest BCUT2D eigenvalue weighted by atomic mass is 32.2. The van der Waals surface area contributed by atoms with Gasteiger partial charge in [-0.05, 0) is 29.7 Å². The van der Waals surface area contributed by atoms with Gasteiger partial charge in [-0.25, -0.2) is 8.42 Å². The lowest BCUT2D eigenvalue weighted by atomic mass is 10.1. The van der Waals surface area contributed by atoms with Crippen molar-refractivity contribution in [3.05, 3.63) is 65.7 Å². The minimum absolute atomic E-state index is 0.0432. The van der Waals surface area contributed by atoms with E-state index in [-0.39, 0.29) is 5.91 Å². The van der Waals surface area contributed by atoms with Crippen molar-refractivity contribution in [2.24, 2.45) is 0 Å². The first-order valence-corrected chi connectivity index (χ1v) is 11.9. The topological polar surface area (TPSA) is 60.9 Å². The van der Waals surface area contributed by atoms with Crippen LogP contribution in [-0.4, -0.2) is 68.2 Å². The maximum atomic E-state index is 12.9. The van der Waals surface area contributed by atoms with Crippen LogP contribution in [0.1, 0.15) is 24.5 Å². The Kier molecular flexibility index (Phi) is 7.64. The van der Waals surface area contributed by atoms with E-state index >= 15 is 0 Å². The largest absolute Gasteiger partial charge is 0.340 e. The normalized spacial score (nSPS) is 15.8. The fraction of sp³-hybridized carbons (Fsp3) is 0.435. The third kappa shape index (κ3) is 5.68. The molecule has 1 saturated heterocycles. The van der Waals surface area contributed by atoms with Gasteiger partial charge in [0.25, 0.3) is 0 Å². The average molecular weight is 430 g/mol. The number of piperazine rings is 1. The van der Waals surface area contributed by atoms with Crippen LogP contribution < -0.4 is 0 Å². The minimum atomic E-state index is -3.49. The fourth-order valence-electron chi connectivity index (χ4n) is 3.65. The molecule has 0 aromatic heterocycles. The standard InChI is InChI=1S/C23H31N3O3S/c1-3-7-20-10-12-22(13-11-20)30(28,29)26-16-14-25(15-17-26)19-23(27)24(2)18-21-8-5-4-6-9-21/h4-6,8-13H,3,7,14-19H2,1-2H3. The molecule has 1 amide bonds. The number of amides is 1. The van der Waals surface area contributed by atoms with Crippen LogP contribution in [0.5, 0.6) is 0 Å². The molecule has 0 saturated carbocycles. The fourth-order valence-corrected chi connectivity index (χ4v) is 5.07. The van der Waals surface area contributed by atoms with Crippen LogP contribution in [0.4, 0.5) is 0 Å². The van der Waals surface area contributed by atoms with Gasteiger partial charge in [-0.1, -0.05) is 55.8 Å². The molecule has 30 heavy (non-hydrogen) atoms. The summed E-state index contributed by atoms with van der Waals surface area (Å²) in [7, 11) is -1.69. The van der Waals surface area contributed by atoms with Gasteiger partial charge in [-0.15, -0.1) is 0 Å². The monoisotopic (exact) mass is 429 g/mol. The third-order valence-electron chi connectivity index (χ3n) is 5.48. The van der Waals surface area contributed by atoms with Gasteiger partial charge >= 0.3 is 0 Å². The molecule has 1 aliphatic rings. The van der Waals surface area contributed by atoms with E-state index in [0.29, 0.717) is 44.2 Å². The third-order valence-corrected chi connectivity index (χ3v) is 7.39. The molecule has 0 N–H and O–H groups in total. The van der Waals surface area contributed by atoms with Crippen LogP contribution in [0.2, 0.25) is 0 Å². The molecule has 0 spiro atoms. The highest BCUT2D eigenvalue weighted by Gasteiger charge is 2.29. The Balaban J connectivity index is 1.51. The van der Waals surface area contributed by atoms with Crippen LogP contribution in [0.15, 0.2) is 59.5 Å². The van der Waals surface area contributed by atoms with Crippen molar-refractivity contribution in [2.75, 3.05) is 39.8 Å². The Hall–Kier alpha value is -2.22. The van der Waals surface area contributed by atoms with E-state index in [2.05, 4.69) is 6.92 Å². The number of aryl methyl sites for hydroxylation is 1. The SMILES string of the molecule is CCCc1ccc(S(=O)(=O)N2CCN(CC(=O)N(C)Cc3ccccc3)CC2)cc1. The Morgan fingerprint density at radius 3 is 2.17 bits per heavy atom. The lowest BCUT2D eigenvalue weighted by Crippen LogP contribution is -2.51. The molecule has 162 valence electrons. The molecule has 0 unspecified atom stereocenters. The second-order valence-corrected chi connectivity index (χ2v) is 9.75.